The average molecular weight is 799 g/mol. The highest BCUT2D eigenvalue weighted by Crippen LogP contribution is 2.61. The quantitative estimate of drug-likeness (QED) is 0.0677. The number of allylic oxidation sites excluding steroid dienone is 4. The highest BCUT2D eigenvalue weighted by atomic mass is 19.2. The molecule has 5 heteroatoms. The van der Waals surface area contributed by atoms with Gasteiger partial charge in [0.2, 0.25) is 0 Å². The van der Waals surface area contributed by atoms with E-state index in [4.69, 9.17) is 4.74 Å². The molecule has 0 aliphatic heterocycles. The third kappa shape index (κ3) is 10.8. The molecule has 6 rings (SSSR count). The minimum atomic E-state index is -1.79. The summed E-state index contributed by atoms with van der Waals surface area (Å²) in [5, 5.41) is 0. The molecule has 0 aromatic heterocycles. The molecule has 1 nitrogen and oxygen atoms in total. The Kier molecular flexibility index (Phi) is 17.0. The number of rotatable bonds is 20. The molecule has 0 heterocycles. The van der Waals surface area contributed by atoms with Gasteiger partial charge in [0.1, 0.15) is 11.7 Å². The Morgan fingerprint density at radius 2 is 0.877 bits per heavy atom. The molecule has 0 saturated heterocycles. The van der Waals surface area contributed by atoms with Crippen molar-refractivity contribution in [2.45, 2.75) is 218 Å². The van der Waals surface area contributed by atoms with Crippen molar-refractivity contribution in [3.8, 4) is 0 Å². The second-order valence-corrected chi connectivity index (χ2v) is 20.3. The topological polar surface area (TPSA) is 9.23 Å². The second kappa shape index (κ2) is 21.4. The van der Waals surface area contributed by atoms with Gasteiger partial charge in [-0.15, -0.1) is 0 Å². The Balaban J connectivity index is 1.01. The molecule has 6 aliphatic rings. The maximum atomic E-state index is 17.4. The van der Waals surface area contributed by atoms with E-state index in [1.165, 1.54) is 115 Å². The molecular weight excluding hydrogens is 717 g/mol. The molecule has 6 aliphatic carbocycles. The number of halogens is 4. The number of ether oxygens (including phenoxy) is 1. The van der Waals surface area contributed by atoms with E-state index >= 15 is 17.6 Å². The average Bonchev–Trinajstić information content (AvgIpc) is 3.23. The van der Waals surface area contributed by atoms with Crippen LogP contribution in [0.4, 0.5) is 17.6 Å². The van der Waals surface area contributed by atoms with E-state index in [9.17, 15) is 0 Å². The monoisotopic (exact) mass is 799 g/mol. The molecule has 0 radical (unpaired) electrons. The van der Waals surface area contributed by atoms with E-state index in [-0.39, 0.29) is 25.0 Å². The first-order chi connectivity index (χ1) is 27.7. The fraction of sp³-hybridized carbons (Fsp3) is 0.846. The zero-order chi connectivity index (χ0) is 40.2. The normalized spacial score (nSPS) is 35.5. The van der Waals surface area contributed by atoms with Crippen LogP contribution in [-0.2, 0) is 4.74 Å². The van der Waals surface area contributed by atoms with Crippen LogP contribution in [0.15, 0.2) is 48.1 Å². The van der Waals surface area contributed by atoms with Crippen LogP contribution in [0, 0.1) is 46.3 Å². The summed E-state index contributed by atoms with van der Waals surface area (Å²) < 4.78 is 72.6. The maximum Gasteiger partial charge on any atom is 0.155 e. The number of alkyl halides is 2. The summed E-state index contributed by atoms with van der Waals surface area (Å²) in [5.74, 6) is -0.230. The van der Waals surface area contributed by atoms with Crippen molar-refractivity contribution in [2.75, 3.05) is 13.2 Å². The second-order valence-electron chi connectivity index (χ2n) is 20.3. The summed E-state index contributed by atoms with van der Waals surface area (Å²) in [7, 11) is 0. The van der Waals surface area contributed by atoms with E-state index in [2.05, 4.69) is 13.8 Å². The standard InChI is InChI=1S/C52H82F4O/c1-3-5-7-9-13-19-41-21-25-45(26-22-41)49(31-15-11-16-32-49)51(55)35-29-43(47(53)37-51)39-57-40-44-30-36-52(56,38-48(44)54)50(33-17-12-18-34-50)46-27-23-42(24-28-46)20-14-10-8-6-4-2/h29-30,35-38,41-46H,3-28,31-34,39-40H2,1-2H3/t41?,42?,43-,44-,45?,46?,51+,52+/m0/s1. The minimum Gasteiger partial charge on any atom is -0.379 e. The van der Waals surface area contributed by atoms with Gasteiger partial charge in [0.15, 0.2) is 11.3 Å². The van der Waals surface area contributed by atoms with Crippen molar-refractivity contribution in [1.82, 2.24) is 0 Å². The van der Waals surface area contributed by atoms with Crippen molar-refractivity contribution < 1.29 is 22.3 Å². The molecule has 0 N–H and O–H groups in total. The molecule has 0 spiro atoms. The van der Waals surface area contributed by atoms with Crippen LogP contribution in [0.2, 0.25) is 0 Å². The molecule has 0 amide bonds. The van der Waals surface area contributed by atoms with Crippen molar-refractivity contribution >= 4 is 0 Å². The lowest BCUT2D eigenvalue weighted by Gasteiger charge is -2.53. The van der Waals surface area contributed by atoms with E-state index in [0.29, 0.717) is 0 Å². The van der Waals surface area contributed by atoms with E-state index in [0.717, 1.165) is 102 Å². The van der Waals surface area contributed by atoms with Gasteiger partial charge in [-0.1, -0.05) is 167 Å². The predicted octanol–water partition coefficient (Wildman–Crippen LogP) is 16.7. The Morgan fingerprint density at radius 3 is 1.23 bits per heavy atom. The maximum absolute atomic E-state index is 17.4. The third-order valence-corrected chi connectivity index (χ3v) is 16.8. The van der Waals surface area contributed by atoms with Crippen molar-refractivity contribution in [3.63, 3.8) is 0 Å². The van der Waals surface area contributed by atoms with Gasteiger partial charge in [0, 0.05) is 10.8 Å². The van der Waals surface area contributed by atoms with Crippen LogP contribution in [0.5, 0.6) is 0 Å². The number of unbranched alkanes of at least 4 members (excludes halogenated alkanes) is 8. The largest absolute Gasteiger partial charge is 0.379 e. The van der Waals surface area contributed by atoms with Gasteiger partial charge in [-0.05, 0) is 99.3 Å². The van der Waals surface area contributed by atoms with E-state index in [1.54, 1.807) is 24.3 Å². The summed E-state index contributed by atoms with van der Waals surface area (Å²) in [6.07, 6.45) is 43.5. The number of hydrogen-bond acceptors (Lipinski definition) is 1. The van der Waals surface area contributed by atoms with Crippen molar-refractivity contribution in [3.05, 3.63) is 48.1 Å². The first kappa shape index (κ1) is 45.2. The van der Waals surface area contributed by atoms with Crippen LogP contribution in [0.3, 0.4) is 0 Å². The summed E-state index contributed by atoms with van der Waals surface area (Å²) >= 11 is 0. The minimum absolute atomic E-state index is 0.0233. The van der Waals surface area contributed by atoms with Crippen LogP contribution in [0.25, 0.3) is 0 Å². The summed E-state index contributed by atoms with van der Waals surface area (Å²) in [6.45, 7) is 4.57. The Bertz CT molecular complexity index is 1220. The number of hydrogen-bond donors (Lipinski definition) is 0. The lowest BCUT2D eigenvalue weighted by molar-refractivity contribution is -0.0445. The Hall–Kier alpha value is -1.36. The molecule has 0 bridgehead atoms. The van der Waals surface area contributed by atoms with Gasteiger partial charge in [-0.2, -0.15) is 0 Å². The fourth-order valence-electron chi connectivity index (χ4n) is 13.3. The highest BCUT2D eigenvalue weighted by molar-refractivity contribution is 5.33. The zero-order valence-electron chi connectivity index (χ0n) is 36.5. The molecule has 4 saturated carbocycles. The summed E-state index contributed by atoms with van der Waals surface area (Å²) in [6, 6.07) is 0. The Morgan fingerprint density at radius 1 is 0.509 bits per heavy atom. The van der Waals surface area contributed by atoms with Gasteiger partial charge in [-0.3, -0.25) is 0 Å². The van der Waals surface area contributed by atoms with Crippen LogP contribution in [-0.4, -0.2) is 24.6 Å². The van der Waals surface area contributed by atoms with Gasteiger partial charge in [0.25, 0.3) is 0 Å². The predicted molar refractivity (Wildman–Crippen MR) is 231 cm³/mol. The molecule has 324 valence electrons. The van der Waals surface area contributed by atoms with Crippen LogP contribution >= 0.6 is 0 Å². The fourth-order valence-corrected chi connectivity index (χ4v) is 13.3. The summed E-state index contributed by atoms with van der Waals surface area (Å²) in [4.78, 5) is 0. The first-order valence-electron chi connectivity index (χ1n) is 24.8. The lowest BCUT2D eigenvalue weighted by atomic mass is 9.53. The SMILES string of the molecule is CCCCCCCC1CCC(C2([C@@]3(F)C=C[C@@H](COC[C@@H]4C=C[C@](F)(C5(C6CCC(CCCCCCC)CC6)CCCCC5)C=C4F)C(F)=C3)CCCCC2)CC1. The van der Waals surface area contributed by atoms with Crippen LogP contribution < -0.4 is 0 Å². The van der Waals surface area contributed by atoms with Crippen molar-refractivity contribution in [1.29, 1.82) is 0 Å². The zero-order valence-corrected chi connectivity index (χ0v) is 36.5. The van der Waals surface area contributed by atoms with Gasteiger partial charge < -0.3 is 4.74 Å². The van der Waals surface area contributed by atoms with Gasteiger partial charge in [0.05, 0.1) is 25.0 Å². The molecule has 57 heavy (non-hydrogen) atoms. The van der Waals surface area contributed by atoms with Gasteiger partial charge >= 0.3 is 0 Å². The van der Waals surface area contributed by atoms with Crippen LogP contribution in [0.1, 0.15) is 206 Å². The molecular formula is C52H82F4O. The lowest BCUT2D eigenvalue weighted by Crippen LogP contribution is -2.51. The third-order valence-electron chi connectivity index (χ3n) is 16.8. The first-order valence-corrected chi connectivity index (χ1v) is 24.8. The Labute approximate surface area is 346 Å². The van der Waals surface area contributed by atoms with E-state index in [1.807, 2.05) is 0 Å². The highest BCUT2D eigenvalue weighted by Gasteiger charge is 2.57. The summed E-state index contributed by atoms with van der Waals surface area (Å²) in [5.41, 5.74) is -4.67. The molecule has 4 fully saturated rings. The van der Waals surface area contributed by atoms with Crippen molar-refractivity contribution in [2.24, 2.45) is 46.3 Å². The molecule has 4 atom stereocenters. The molecule has 0 aromatic carbocycles. The molecule has 0 aromatic rings. The molecule has 0 unspecified atom stereocenters. The van der Waals surface area contributed by atoms with E-state index < -0.39 is 45.7 Å². The smallest absolute Gasteiger partial charge is 0.155 e. The van der Waals surface area contributed by atoms with Gasteiger partial charge in [-0.25, -0.2) is 17.6 Å².